The molecule has 1 aromatic rings. The molecule has 7 heteroatoms. The van der Waals surface area contributed by atoms with Gasteiger partial charge in [0.2, 0.25) is 0 Å². The van der Waals surface area contributed by atoms with E-state index in [1.165, 1.54) is 7.11 Å². The van der Waals surface area contributed by atoms with Gasteiger partial charge in [-0.25, -0.2) is 0 Å². The molecule has 2 rings (SSSR count). The minimum absolute atomic E-state index is 0.147. The molecule has 1 heterocycles. The predicted molar refractivity (Wildman–Crippen MR) is 68.8 cm³/mol. The molecule has 21 heavy (non-hydrogen) atoms. The van der Waals surface area contributed by atoms with E-state index in [-0.39, 0.29) is 19.6 Å². The van der Waals surface area contributed by atoms with Gasteiger partial charge in [0.15, 0.2) is 5.41 Å². The molecule has 0 aliphatic carbocycles. The molecule has 1 aliphatic heterocycles. The second kappa shape index (κ2) is 5.93. The summed E-state index contributed by atoms with van der Waals surface area (Å²) in [7, 11) is 1.48. The van der Waals surface area contributed by atoms with Crippen molar-refractivity contribution < 1.29 is 27.4 Å². The Kier molecular flexibility index (Phi) is 4.41. The van der Waals surface area contributed by atoms with E-state index < -0.39 is 24.1 Å². The molecule has 0 saturated carbocycles. The molecular formula is C14H16F3NO3. The van der Waals surface area contributed by atoms with E-state index in [2.05, 4.69) is 5.32 Å². The normalized spacial score (nSPS) is 22.1. The van der Waals surface area contributed by atoms with E-state index >= 15 is 0 Å². The molecule has 0 aromatic heterocycles. The fourth-order valence-corrected chi connectivity index (χ4v) is 2.27. The summed E-state index contributed by atoms with van der Waals surface area (Å²) in [6, 6.07) is 6.64. The number of benzene rings is 1. The quantitative estimate of drug-likeness (QED) is 0.867. The number of halogens is 3. The molecule has 1 saturated heterocycles. The van der Waals surface area contributed by atoms with E-state index in [9.17, 15) is 18.0 Å². The van der Waals surface area contributed by atoms with Gasteiger partial charge in [0, 0.05) is 6.54 Å². The molecule has 1 atom stereocenters. The Hall–Kier alpha value is -1.76. The van der Waals surface area contributed by atoms with Crippen LogP contribution in [0.15, 0.2) is 24.3 Å². The van der Waals surface area contributed by atoms with E-state index in [1.807, 2.05) is 0 Å². The van der Waals surface area contributed by atoms with Crippen LogP contribution in [-0.4, -0.2) is 32.3 Å². The monoisotopic (exact) mass is 303 g/mol. The lowest BCUT2D eigenvalue weighted by Gasteiger charge is -2.28. The van der Waals surface area contributed by atoms with Crippen LogP contribution in [0.1, 0.15) is 12.0 Å². The number of esters is 1. The minimum atomic E-state index is -4.62. The van der Waals surface area contributed by atoms with Crippen LogP contribution in [0.3, 0.4) is 0 Å². The highest BCUT2D eigenvalue weighted by molar-refractivity contribution is 5.78. The smallest absolute Gasteiger partial charge is 0.406 e. The molecule has 1 aromatic carbocycles. The highest BCUT2D eigenvalue weighted by Crippen LogP contribution is 2.44. The van der Waals surface area contributed by atoms with Crippen molar-refractivity contribution in [1.82, 2.24) is 5.32 Å². The number of alkyl halides is 3. The number of ether oxygens (including phenoxy) is 2. The van der Waals surface area contributed by atoms with Crippen molar-refractivity contribution in [2.24, 2.45) is 5.41 Å². The summed E-state index contributed by atoms with van der Waals surface area (Å²) >= 11 is 0. The van der Waals surface area contributed by atoms with Gasteiger partial charge in [0.1, 0.15) is 12.4 Å². The van der Waals surface area contributed by atoms with Crippen molar-refractivity contribution in [3.8, 4) is 5.75 Å². The minimum Gasteiger partial charge on any atom is -0.497 e. The zero-order chi connectivity index (χ0) is 15.5. The average Bonchev–Trinajstić information content (AvgIpc) is 2.95. The van der Waals surface area contributed by atoms with Crippen LogP contribution < -0.4 is 10.1 Å². The number of hydrogen-bond donors (Lipinski definition) is 1. The second-order valence-corrected chi connectivity index (χ2v) is 4.93. The van der Waals surface area contributed by atoms with Crippen LogP contribution in [0.2, 0.25) is 0 Å². The van der Waals surface area contributed by atoms with E-state index in [0.29, 0.717) is 11.3 Å². The van der Waals surface area contributed by atoms with Gasteiger partial charge < -0.3 is 14.8 Å². The topological polar surface area (TPSA) is 47.6 Å². The maximum Gasteiger partial charge on any atom is 0.406 e. The first-order valence-corrected chi connectivity index (χ1v) is 6.47. The van der Waals surface area contributed by atoms with Gasteiger partial charge in [-0.05, 0) is 30.7 Å². The highest BCUT2D eigenvalue weighted by atomic mass is 19.4. The predicted octanol–water partition coefficient (Wildman–Crippen LogP) is 2.28. The molecular weight excluding hydrogens is 287 g/mol. The largest absolute Gasteiger partial charge is 0.497 e. The van der Waals surface area contributed by atoms with Crippen LogP contribution in [0.25, 0.3) is 0 Å². The first-order valence-electron chi connectivity index (χ1n) is 6.47. The van der Waals surface area contributed by atoms with Crippen LogP contribution in [-0.2, 0) is 16.1 Å². The zero-order valence-electron chi connectivity index (χ0n) is 11.5. The maximum atomic E-state index is 13.1. The van der Waals surface area contributed by atoms with Crippen LogP contribution in [0.4, 0.5) is 13.2 Å². The Morgan fingerprint density at radius 3 is 2.76 bits per heavy atom. The first kappa shape index (κ1) is 15.6. The fraction of sp³-hybridized carbons (Fsp3) is 0.500. The van der Waals surface area contributed by atoms with E-state index in [0.717, 1.165) is 0 Å². The van der Waals surface area contributed by atoms with Crippen molar-refractivity contribution in [3.63, 3.8) is 0 Å². The SMILES string of the molecule is COc1cccc(COC(=O)C2(C(F)(F)F)CCNC2)c1. The van der Waals surface area contributed by atoms with Crippen molar-refractivity contribution in [2.45, 2.75) is 19.2 Å². The Morgan fingerprint density at radius 1 is 1.43 bits per heavy atom. The Labute approximate surface area is 120 Å². The van der Waals surface area contributed by atoms with Crippen LogP contribution >= 0.6 is 0 Å². The standard InChI is InChI=1S/C14H16F3NO3/c1-20-11-4-2-3-10(7-11)8-21-12(19)13(14(15,16)17)5-6-18-9-13/h2-4,7,18H,5-6,8-9H2,1H3. The first-order chi connectivity index (χ1) is 9.89. The lowest BCUT2D eigenvalue weighted by molar-refractivity contribution is -0.229. The Balaban J connectivity index is 2.06. The molecule has 1 N–H and O–H groups in total. The second-order valence-electron chi connectivity index (χ2n) is 4.93. The third-order valence-corrected chi connectivity index (χ3v) is 3.59. The molecule has 4 nitrogen and oxygen atoms in total. The summed E-state index contributed by atoms with van der Waals surface area (Å²) < 4.78 is 49.3. The molecule has 0 spiro atoms. The van der Waals surface area contributed by atoms with Gasteiger partial charge in [-0.2, -0.15) is 13.2 Å². The van der Waals surface area contributed by atoms with Crippen LogP contribution in [0, 0.1) is 5.41 Å². The van der Waals surface area contributed by atoms with E-state index in [1.54, 1.807) is 24.3 Å². The van der Waals surface area contributed by atoms with E-state index in [4.69, 9.17) is 9.47 Å². The third kappa shape index (κ3) is 3.12. The number of carbonyl (C=O) groups is 1. The average molecular weight is 303 g/mol. The van der Waals surface area contributed by atoms with Gasteiger partial charge in [0.25, 0.3) is 0 Å². The molecule has 0 radical (unpaired) electrons. The van der Waals surface area contributed by atoms with Crippen molar-refractivity contribution in [2.75, 3.05) is 20.2 Å². The maximum absolute atomic E-state index is 13.1. The van der Waals surface area contributed by atoms with Gasteiger partial charge >= 0.3 is 12.1 Å². The van der Waals surface area contributed by atoms with Gasteiger partial charge in [0.05, 0.1) is 7.11 Å². The summed E-state index contributed by atoms with van der Waals surface area (Å²) in [5.74, 6) is -0.681. The molecule has 1 aliphatic rings. The molecule has 0 amide bonds. The van der Waals surface area contributed by atoms with Gasteiger partial charge in [-0.15, -0.1) is 0 Å². The summed E-state index contributed by atoms with van der Waals surface area (Å²) in [6.07, 6.45) is -4.92. The Bertz CT molecular complexity index is 510. The number of rotatable bonds is 4. The fourth-order valence-electron chi connectivity index (χ4n) is 2.27. The highest BCUT2D eigenvalue weighted by Gasteiger charge is 2.62. The summed E-state index contributed by atoms with van der Waals surface area (Å²) in [5, 5.41) is 2.58. The number of nitrogens with one attached hydrogen (secondary N) is 1. The summed E-state index contributed by atoms with van der Waals surface area (Å²) in [5.41, 5.74) is -1.86. The van der Waals surface area contributed by atoms with Gasteiger partial charge in [-0.3, -0.25) is 4.79 Å². The number of hydrogen-bond acceptors (Lipinski definition) is 4. The molecule has 1 unspecified atom stereocenters. The summed E-state index contributed by atoms with van der Waals surface area (Å²) in [6.45, 7) is -0.505. The summed E-state index contributed by atoms with van der Waals surface area (Å²) in [4.78, 5) is 11.9. The Morgan fingerprint density at radius 2 is 2.19 bits per heavy atom. The lowest BCUT2D eigenvalue weighted by Crippen LogP contribution is -2.47. The molecule has 1 fully saturated rings. The molecule has 116 valence electrons. The van der Waals surface area contributed by atoms with Gasteiger partial charge in [-0.1, -0.05) is 12.1 Å². The van der Waals surface area contributed by atoms with Crippen LogP contribution in [0.5, 0.6) is 5.75 Å². The number of methoxy groups -OCH3 is 1. The zero-order valence-corrected chi connectivity index (χ0v) is 11.5. The lowest BCUT2D eigenvalue weighted by atomic mass is 9.86. The number of carbonyl (C=O) groups excluding carboxylic acids is 1. The third-order valence-electron chi connectivity index (χ3n) is 3.59. The van der Waals surface area contributed by atoms with Crippen molar-refractivity contribution in [1.29, 1.82) is 0 Å². The van der Waals surface area contributed by atoms with Crippen molar-refractivity contribution in [3.05, 3.63) is 29.8 Å². The molecule has 0 bridgehead atoms. The van der Waals surface area contributed by atoms with Crippen molar-refractivity contribution >= 4 is 5.97 Å².